The molecule has 3 N–H and O–H groups in total. The lowest BCUT2D eigenvalue weighted by atomic mass is 9.64. The summed E-state index contributed by atoms with van der Waals surface area (Å²) in [5.74, 6) is -0.616. The maximum absolute atomic E-state index is 10.7. The van der Waals surface area contributed by atoms with Gasteiger partial charge in [0.05, 0.1) is 11.9 Å². The van der Waals surface area contributed by atoms with Crippen LogP contribution in [0.1, 0.15) is 33.2 Å². The molecule has 1 aliphatic carbocycles. The van der Waals surface area contributed by atoms with Gasteiger partial charge in [-0.25, -0.2) is 0 Å². The Labute approximate surface area is 121 Å². The maximum Gasteiger partial charge on any atom is 0.313 e. The number of aromatic nitrogens is 3. The first kappa shape index (κ1) is 15.1. The fraction of sp³-hybridized carbons (Fsp3) is 0.750. The van der Waals surface area contributed by atoms with Crippen LogP contribution in [0.15, 0.2) is 5.16 Å². The van der Waals surface area contributed by atoms with Crippen molar-refractivity contribution in [1.29, 1.82) is 0 Å². The highest BCUT2D eigenvalue weighted by Crippen LogP contribution is 2.52. The summed E-state index contributed by atoms with van der Waals surface area (Å²) < 4.78 is 7.54. The molecule has 0 radical (unpaired) electrons. The number of nitrogen functional groups attached to an aromatic ring is 1. The van der Waals surface area contributed by atoms with Crippen LogP contribution in [0.4, 0.5) is 5.95 Å². The van der Waals surface area contributed by atoms with Crippen molar-refractivity contribution < 1.29 is 14.6 Å². The normalized spacial score (nSPS) is 24.4. The van der Waals surface area contributed by atoms with Crippen molar-refractivity contribution in [3.8, 4) is 0 Å². The molecule has 0 bridgehead atoms. The van der Waals surface area contributed by atoms with E-state index in [1.165, 1.54) is 0 Å². The predicted octanol–water partition coefficient (Wildman–Crippen LogP) is 1.41. The van der Waals surface area contributed by atoms with E-state index >= 15 is 0 Å². The van der Waals surface area contributed by atoms with Gasteiger partial charge in [-0.1, -0.05) is 25.6 Å². The van der Waals surface area contributed by atoms with Crippen molar-refractivity contribution in [3.63, 3.8) is 0 Å². The molecule has 1 saturated carbocycles. The first-order valence-corrected chi connectivity index (χ1v) is 7.53. The van der Waals surface area contributed by atoms with Crippen LogP contribution in [0.3, 0.4) is 0 Å². The topological polar surface area (TPSA) is 103 Å². The molecule has 1 aromatic rings. The molecule has 0 saturated heterocycles. The largest absolute Gasteiger partial charge is 0.481 e. The van der Waals surface area contributed by atoms with E-state index in [2.05, 4.69) is 24.0 Å². The molecular weight excluding hydrogens is 280 g/mol. The van der Waals surface area contributed by atoms with Gasteiger partial charge in [0.15, 0.2) is 5.16 Å². The van der Waals surface area contributed by atoms with Gasteiger partial charge in [0.2, 0.25) is 5.95 Å². The molecule has 8 heteroatoms. The van der Waals surface area contributed by atoms with E-state index in [0.29, 0.717) is 17.7 Å². The van der Waals surface area contributed by atoms with Crippen molar-refractivity contribution in [2.75, 3.05) is 18.1 Å². The summed E-state index contributed by atoms with van der Waals surface area (Å²) in [6.07, 6.45) is 1.01. The van der Waals surface area contributed by atoms with Crippen molar-refractivity contribution in [1.82, 2.24) is 14.8 Å². The van der Waals surface area contributed by atoms with Gasteiger partial charge in [-0.2, -0.15) is 0 Å². The number of thioether (sulfide) groups is 1. The molecule has 20 heavy (non-hydrogen) atoms. The zero-order chi connectivity index (χ0) is 14.9. The lowest BCUT2D eigenvalue weighted by Gasteiger charge is -2.52. The minimum Gasteiger partial charge on any atom is -0.481 e. The molecular formula is C12H20N4O3S. The van der Waals surface area contributed by atoms with Crippen LogP contribution in [0, 0.1) is 5.41 Å². The zero-order valence-electron chi connectivity index (χ0n) is 11.9. The van der Waals surface area contributed by atoms with Crippen LogP contribution in [0.25, 0.3) is 0 Å². The summed E-state index contributed by atoms with van der Waals surface area (Å²) >= 11 is 1.14. The Bertz CT molecular complexity index is 503. The summed E-state index contributed by atoms with van der Waals surface area (Å²) in [5, 5.41) is 17.2. The Balaban J connectivity index is 2.17. The fourth-order valence-electron chi connectivity index (χ4n) is 2.59. The first-order valence-electron chi connectivity index (χ1n) is 6.54. The second-order valence-corrected chi connectivity index (χ2v) is 6.35. The van der Waals surface area contributed by atoms with E-state index in [4.69, 9.17) is 15.6 Å². The Morgan fingerprint density at radius 2 is 2.30 bits per heavy atom. The molecule has 0 aromatic carbocycles. The summed E-state index contributed by atoms with van der Waals surface area (Å²) in [7, 11) is 0. The highest BCUT2D eigenvalue weighted by atomic mass is 32.2. The van der Waals surface area contributed by atoms with Crippen LogP contribution >= 0.6 is 11.8 Å². The fourth-order valence-corrected chi connectivity index (χ4v) is 3.30. The molecule has 2 unspecified atom stereocenters. The first-order chi connectivity index (χ1) is 9.37. The number of rotatable bonds is 6. The third-order valence-electron chi connectivity index (χ3n) is 3.82. The van der Waals surface area contributed by atoms with Crippen LogP contribution in [0.2, 0.25) is 0 Å². The van der Waals surface area contributed by atoms with Gasteiger partial charge in [0.1, 0.15) is 0 Å². The number of carboxylic acid groups (broad SMARTS) is 1. The SMILES string of the molecule is CCOC1CC(n2c(N)nnc2SCC(=O)O)C1(C)C. The van der Waals surface area contributed by atoms with Crippen molar-refractivity contribution >= 4 is 23.7 Å². The van der Waals surface area contributed by atoms with Crippen molar-refractivity contribution in [2.45, 2.75) is 44.5 Å². The zero-order valence-corrected chi connectivity index (χ0v) is 12.7. The number of ether oxygens (including phenoxy) is 1. The smallest absolute Gasteiger partial charge is 0.313 e. The predicted molar refractivity (Wildman–Crippen MR) is 75.6 cm³/mol. The molecule has 1 aromatic heterocycles. The average Bonchev–Trinajstić information content (AvgIpc) is 2.72. The van der Waals surface area contributed by atoms with Gasteiger partial charge in [0, 0.05) is 18.1 Å². The third-order valence-corrected chi connectivity index (χ3v) is 4.75. The quantitative estimate of drug-likeness (QED) is 0.765. The van der Waals surface area contributed by atoms with Crippen molar-refractivity contribution in [3.05, 3.63) is 0 Å². The number of nitrogens with zero attached hydrogens (tertiary/aromatic N) is 3. The highest BCUT2D eigenvalue weighted by molar-refractivity contribution is 7.99. The Morgan fingerprint density at radius 1 is 1.60 bits per heavy atom. The van der Waals surface area contributed by atoms with Crippen molar-refractivity contribution in [2.24, 2.45) is 5.41 Å². The maximum atomic E-state index is 10.7. The number of nitrogens with two attached hydrogens (primary N) is 1. The molecule has 2 atom stereocenters. The molecule has 1 heterocycles. The van der Waals surface area contributed by atoms with E-state index in [-0.39, 0.29) is 23.3 Å². The van der Waals surface area contributed by atoms with Crippen LogP contribution in [-0.2, 0) is 9.53 Å². The van der Waals surface area contributed by atoms with Gasteiger partial charge in [0.25, 0.3) is 0 Å². The van der Waals surface area contributed by atoms with Crippen LogP contribution < -0.4 is 5.73 Å². The minimum absolute atomic E-state index is 0.0554. The Morgan fingerprint density at radius 3 is 2.85 bits per heavy atom. The monoisotopic (exact) mass is 300 g/mol. The number of carbonyl (C=O) groups is 1. The van der Waals surface area contributed by atoms with Gasteiger partial charge in [-0.05, 0) is 13.3 Å². The number of hydrogen-bond donors (Lipinski definition) is 2. The van der Waals surface area contributed by atoms with E-state index in [0.717, 1.165) is 18.2 Å². The molecule has 0 spiro atoms. The minimum atomic E-state index is -0.886. The average molecular weight is 300 g/mol. The number of anilines is 1. The summed E-state index contributed by atoms with van der Waals surface area (Å²) in [6.45, 7) is 6.89. The van der Waals surface area contributed by atoms with E-state index in [1.54, 1.807) is 0 Å². The van der Waals surface area contributed by atoms with E-state index in [1.807, 2.05) is 11.5 Å². The standard InChI is InChI=1S/C12H20N4O3S/c1-4-19-8-5-7(12(8,2)3)16-10(13)14-15-11(16)20-6-9(17)18/h7-8H,4-6H2,1-3H3,(H2,13,14)(H,17,18). The summed E-state index contributed by atoms with van der Waals surface area (Å²) in [5.41, 5.74) is 5.81. The van der Waals surface area contributed by atoms with Gasteiger partial charge >= 0.3 is 5.97 Å². The Hall–Kier alpha value is -1.28. The third kappa shape index (κ3) is 2.62. The molecule has 7 nitrogen and oxygen atoms in total. The van der Waals surface area contributed by atoms with Gasteiger partial charge in [-0.15, -0.1) is 10.2 Å². The molecule has 112 valence electrons. The summed E-state index contributed by atoms with van der Waals surface area (Å²) in [4.78, 5) is 10.7. The molecule has 1 fully saturated rings. The number of hydrogen-bond acceptors (Lipinski definition) is 6. The number of aliphatic carboxylic acids is 1. The second kappa shape index (κ2) is 5.61. The molecule has 0 amide bonds. The van der Waals surface area contributed by atoms with Gasteiger partial charge in [-0.3, -0.25) is 9.36 Å². The highest BCUT2D eigenvalue weighted by Gasteiger charge is 2.51. The Kier molecular flexibility index (Phi) is 4.24. The lowest BCUT2D eigenvalue weighted by molar-refractivity contribution is -0.134. The molecule has 0 aliphatic heterocycles. The molecule has 2 rings (SSSR count). The van der Waals surface area contributed by atoms with E-state index in [9.17, 15) is 4.79 Å². The van der Waals surface area contributed by atoms with E-state index < -0.39 is 5.97 Å². The van der Waals surface area contributed by atoms with Crippen LogP contribution in [-0.4, -0.2) is 44.3 Å². The lowest BCUT2D eigenvalue weighted by Crippen LogP contribution is -2.51. The summed E-state index contributed by atoms with van der Waals surface area (Å²) in [6, 6.07) is 0.130. The van der Waals surface area contributed by atoms with Crippen LogP contribution in [0.5, 0.6) is 0 Å². The van der Waals surface area contributed by atoms with Gasteiger partial charge < -0.3 is 15.6 Å². The second-order valence-electron chi connectivity index (χ2n) is 5.41. The molecule has 1 aliphatic rings. The number of carboxylic acids is 1.